The van der Waals surface area contributed by atoms with Crippen LogP contribution >= 0.6 is 0 Å². The van der Waals surface area contributed by atoms with E-state index in [0.29, 0.717) is 0 Å². The molecule has 0 bridgehead atoms. The van der Waals surface area contributed by atoms with Gasteiger partial charge < -0.3 is 4.90 Å². The average Bonchev–Trinajstić information content (AvgIpc) is 2.03. The summed E-state index contributed by atoms with van der Waals surface area (Å²) in [7, 11) is 2.09. The molecule has 0 aromatic carbocycles. The first kappa shape index (κ1) is 9.04. The van der Waals surface area contributed by atoms with Crippen molar-refractivity contribution in [3.63, 3.8) is 0 Å². The van der Waals surface area contributed by atoms with Crippen LogP contribution in [0.3, 0.4) is 0 Å². The summed E-state index contributed by atoms with van der Waals surface area (Å²) < 4.78 is 0. The maximum absolute atomic E-state index is 3.98. The number of rotatable bonds is 1. The molecule has 0 aliphatic rings. The molecule has 0 spiro atoms. The monoisotopic (exact) mass is 164 g/mol. The third-order valence-corrected chi connectivity index (χ3v) is 2.06. The molecule has 0 N–H and O–H groups in total. The summed E-state index contributed by atoms with van der Waals surface area (Å²) in [6, 6.07) is 4.04. The molecule has 0 unspecified atom stereocenters. The van der Waals surface area contributed by atoms with Gasteiger partial charge in [0.2, 0.25) is 0 Å². The standard InChI is InChI=1S/C10H16N2/c1-10(2,3)12(4)9-5-7-11-8-6-9/h5-8H,1-4H3. The van der Waals surface area contributed by atoms with Crippen LogP contribution in [-0.2, 0) is 0 Å². The Labute approximate surface area is 74.2 Å². The second kappa shape index (κ2) is 3.13. The minimum Gasteiger partial charge on any atom is -0.370 e. The summed E-state index contributed by atoms with van der Waals surface area (Å²) in [5, 5.41) is 0. The van der Waals surface area contributed by atoms with Crippen molar-refractivity contribution in [1.29, 1.82) is 0 Å². The topological polar surface area (TPSA) is 16.1 Å². The molecule has 2 heteroatoms. The van der Waals surface area contributed by atoms with E-state index in [0.717, 1.165) is 0 Å². The Balaban J connectivity index is 2.86. The fourth-order valence-electron chi connectivity index (χ4n) is 0.955. The zero-order valence-electron chi connectivity index (χ0n) is 8.20. The van der Waals surface area contributed by atoms with Crippen molar-refractivity contribution in [1.82, 2.24) is 4.98 Å². The first-order valence-corrected chi connectivity index (χ1v) is 4.15. The molecule has 0 radical (unpaired) electrons. The van der Waals surface area contributed by atoms with Crippen molar-refractivity contribution in [2.45, 2.75) is 26.3 Å². The van der Waals surface area contributed by atoms with E-state index in [1.165, 1.54) is 5.69 Å². The number of hydrogen-bond donors (Lipinski definition) is 0. The van der Waals surface area contributed by atoms with E-state index >= 15 is 0 Å². The molecule has 0 atom stereocenters. The van der Waals surface area contributed by atoms with Gasteiger partial charge in [-0.3, -0.25) is 4.98 Å². The number of pyridine rings is 1. The van der Waals surface area contributed by atoms with E-state index in [-0.39, 0.29) is 5.54 Å². The minimum atomic E-state index is 0.168. The molecule has 1 heterocycles. The molecule has 66 valence electrons. The Morgan fingerprint density at radius 2 is 1.67 bits per heavy atom. The van der Waals surface area contributed by atoms with Gasteiger partial charge in [-0.25, -0.2) is 0 Å². The Morgan fingerprint density at radius 3 is 2.08 bits per heavy atom. The van der Waals surface area contributed by atoms with Crippen molar-refractivity contribution in [3.05, 3.63) is 24.5 Å². The largest absolute Gasteiger partial charge is 0.370 e. The molecule has 2 nitrogen and oxygen atoms in total. The van der Waals surface area contributed by atoms with Crippen molar-refractivity contribution in [2.75, 3.05) is 11.9 Å². The van der Waals surface area contributed by atoms with Crippen molar-refractivity contribution < 1.29 is 0 Å². The highest BCUT2D eigenvalue weighted by Gasteiger charge is 2.16. The molecule has 1 aromatic heterocycles. The first-order valence-electron chi connectivity index (χ1n) is 4.15. The molecule has 0 fully saturated rings. The lowest BCUT2D eigenvalue weighted by atomic mass is 10.1. The van der Waals surface area contributed by atoms with E-state index in [2.05, 4.69) is 37.7 Å². The van der Waals surface area contributed by atoms with Gasteiger partial charge >= 0.3 is 0 Å². The molecule has 0 aliphatic heterocycles. The van der Waals surface area contributed by atoms with E-state index in [4.69, 9.17) is 0 Å². The van der Waals surface area contributed by atoms with Crippen molar-refractivity contribution in [3.8, 4) is 0 Å². The van der Waals surface area contributed by atoms with E-state index in [1.807, 2.05) is 24.5 Å². The van der Waals surface area contributed by atoms with Crippen LogP contribution in [0.1, 0.15) is 20.8 Å². The predicted molar refractivity (Wildman–Crippen MR) is 52.4 cm³/mol. The second-order valence-electron chi connectivity index (χ2n) is 3.94. The van der Waals surface area contributed by atoms with E-state index < -0.39 is 0 Å². The maximum Gasteiger partial charge on any atom is 0.0398 e. The lowest BCUT2D eigenvalue weighted by Gasteiger charge is -2.33. The van der Waals surface area contributed by atoms with Crippen LogP contribution in [0.15, 0.2) is 24.5 Å². The highest BCUT2D eigenvalue weighted by atomic mass is 15.2. The molecule has 1 aromatic rings. The molecule has 0 aliphatic carbocycles. The number of hydrogen-bond acceptors (Lipinski definition) is 2. The number of anilines is 1. The van der Waals surface area contributed by atoms with E-state index in [9.17, 15) is 0 Å². The zero-order chi connectivity index (χ0) is 9.19. The van der Waals surface area contributed by atoms with Gasteiger partial charge in [-0.05, 0) is 32.9 Å². The van der Waals surface area contributed by atoms with Crippen LogP contribution in [0.4, 0.5) is 5.69 Å². The summed E-state index contributed by atoms with van der Waals surface area (Å²) in [5.41, 5.74) is 1.37. The fourth-order valence-corrected chi connectivity index (χ4v) is 0.955. The molecule has 0 saturated carbocycles. The Morgan fingerprint density at radius 1 is 1.17 bits per heavy atom. The highest BCUT2D eigenvalue weighted by Crippen LogP contribution is 2.19. The molecule has 0 saturated heterocycles. The average molecular weight is 164 g/mol. The third-order valence-electron chi connectivity index (χ3n) is 2.06. The van der Waals surface area contributed by atoms with Crippen molar-refractivity contribution in [2.24, 2.45) is 0 Å². The van der Waals surface area contributed by atoms with Gasteiger partial charge in [0.25, 0.3) is 0 Å². The summed E-state index contributed by atoms with van der Waals surface area (Å²) in [6.45, 7) is 6.56. The Hall–Kier alpha value is -1.05. The van der Waals surface area contributed by atoms with Gasteiger partial charge in [0.15, 0.2) is 0 Å². The molecule has 12 heavy (non-hydrogen) atoms. The van der Waals surface area contributed by atoms with E-state index in [1.54, 1.807) is 0 Å². The van der Waals surface area contributed by atoms with Crippen LogP contribution in [0, 0.1) is 0 Å². The number of nitrogens with zero attached hydrogens (tertiary/aromatic N) is 2. The smallest absolute Gasteiger partial charge is 0.0398 e. The van der Waals surface area contributed by atoms with Crippen LogP contribution in [0.5, 0.6) is 0 Å². The van der Waals surface area contributed by atoms with Crippen LogP contribution in [0.2, 0.25) is 0 Å². The lowest BCUT2D eigenvalue weighted by molar-refractivity contribution is 0.538. The molecule has 0 amide bonds. The first-order chi connectivity index (χ1) is 5.52. The van der Waals surface area contributed by atoms with Gasteiger partial charge in [0.05, 0.1) is 0 Å². The van der Waals surface area contributed by atoms with Crippen molar-refractivity contribution >= 4 is 5.69 Å². The SMILES string of the molecule is CN(c1ccncc1)C(C)(C)C. The molecular formula is C10H16N2. The van der Waals surface area contributed by atoms with Gasteiger partial charge in [0.1, 0.15) is 0 Å². The Kier molecular flexibility index (Phi) is 2.36. The molecular weight excluding hydrogens is 148 g/mol. The fraction of sp³-hybridized carbons (Fsp3) is 0.500. The van der Waals surface area contributed by atoms with Gasteiger partial charge in [-0.15, -0.1) is 0 Å². The minimum absolute atomic E-state index is 0.168. The van der Waals surface area contributed by atoms with Crippen LogP contribution < -0.4 is 4.90 Å². The predicted octanol–water partition coefficient (Wildman–Crippen LogP) is 2.32. The Bertz CT molecular complexity index is 236. The lowest BCUT2D eigenvalue weighted by Crippen LogP contribution is -2.37. The number of aromatic nitrogens is 1. The maximum atomic E-state index is 3.98. The second-order valence-corrected chi connectivity index (χ2v) is 3.94. The zero-order valence-corrected chi connectivity index (χ0v) is 8.20. The normalized spacial score (nSPS) is 11.3. The summed E-state index contributed by atoms with van der Waals surface area (Å²) in [4.78, 5) is 6.21. The molecule has 1 rings (SSSR count). The summed E-state index contributed by atoms with van der Waals surface area (Å²) in [6.07, 6.45) is 3.63. The van der Waals surface area contributed by atoms with Crippen LogP contribution in [-0.4, -0.2) is 17.6 Å². The summed E-state index contributed by atoms with van der Waals surface area (Å²) >= 11 is 0. The quantitative estimate of drug-likeness (QED) is 0.633. The van der Waals surface area contributed by atoms with Gasteiger partial charge in [0, 0.05) is 30.7 Å². The van der Waals surface area contributed by atoms with Crippen LogP contribution in [0.25, 0.3) is 0 Å². The van der Waals surface area contributed by atoms with Gasteiger partial charge in [-0.1, -0.05) is 0 Å². The van der Waals surface area contributed by atoms with Gasteiger partial charge in [-0.2, -0.15) is 0 Å². The summed E-state index contributed by atoms with van der Waals surface area (Å²) in [5.74, 6) is 0. The third kappa shape index (κ3) is 1.97. The highest BCUT2D eigenvalue weighted by molar-refractivity contribution is 5.45.